The van der Waals surface area contributed by atoms with Gasteiger partial charge in [-0.1, -0.05) is 48.5 Å². The van der Waals surface area contributed by atoms with Gasteiger partial charge in [-0.15, -0.1) is 0 Å². The van der Waals surface area contributed by atoms with Crippen molar-refractivity contribution in [3.63, 3.8) is 0 Å². The average Bonchev–Trinajstić information content (AvgIpc) is 3.36. The molecule has 8 nitrogen and oxygen atoms in total. The molecule has 0 radical (unpaired) electrons. The van der Waals surface area contributed by atoms with Gasteiger partial charge in [0.2, 0.25) is 0 Å². The molecule has 34 heavy (non-hydrogen) atoms. The number of pyridine rings is 1. The van der Waals surface area contributed by atoms with Gasteiger partial charge in [-0.05, 0) is 54.2 Å². The lowest BCUT2D eigenvalue weighted by Crippen LogP contribution is -2.36. The molecule has 0 saturated heterocycles. The van der Waals surface area contributed by atoms with Crippen LogP contribution in [0.2, 0.25) is 0 Å². The van der Waals surface area contributed by atoms with E-state index in [0.717, 1.165) is 9.54 Å². The summed E-state index contributed by atoms with van der Waals surface area (Å²) in [4.78, 5) is 17.1. The molecular weight excluding hydrogens is 472 g/mol. The summed E-state index contributed by atoms with van der Waals surface area (Å²) in [6.45, 7) is 0.325. The quantitative estimate of drug-likeness (QED) is 0.378. The first-order valence-electron chi connectivity index (χ1n) is 10.2. The maximum Gasteiger partial charge on any atom is 0.275 e. The maximum atomic E-state index is 12.9. The molecule has 0 spiro atoms. The summed E-state index contributed by atoms with van der Waals surface area (Å²) in [5, 5.41) is 5.27. The number of rotatable bonds is 7. The normalized spacial score (nSPS) is 10.9. The van der Waals surface area contributed by atoms with Crippen LogP contribution in [0.25, 0.3) is 0 Å². The molecule has 0 aliphatic carbocycles. The summed E-state index contributed by atoms with van der Waals surface area (Å²) in [6.07, 6.45) is 2.86. The number of ether oxygens (including phenoxy) is 1. The fraction of sp³-hybridized carbons (Fsp3) is 0.0417. The van der Waals surface area contributed by atoms with Crippen molar-refractivity contribution < 1.29 is 17.9 Å². The number of hydrogen-bond acceptors (Lipinski definition) is 6. The third-order valence-electron chi connectivity index (χ3n) is 4.71. The van der Waals surface area contributed by atoms with Crippen LogP contribution in [0, 0.1) is 0 Å². The van der Waals surface area contributed by atoms with E-state index in [-0.39, 0.29) is 15.7 Å². The Hall–Kier alpha value is -4.02. The topological polar surface area (TPSA) is 102 Å². The molecule has 0 atom stereocenters. The Morgan fingerprint density at radius 1 is 0.941 bits per heavy atom. The van der Waals surface area contributed by atoms with E-state index in [0.29, 0.717) is 18.2 Å². The van der Waals surface area contributed by atoms with Crippen molar-refractivity contribution in [3.8, 4) is 5.75 Å². The highest BCUT2D eigenvalue weighted by Gasteiger charge is 2.23. The Morgan fingerprint density at radius 2 is 1.65 bits per heavy atom. The molecule has 2 aromatic heterocycles. The van der Waals surface area contributed by atoms with E-state index in [1.165, 1.54) is 30.5 Å². The number of carbonyl (C=O) groups excluding carboxylic acids is 1. The molecule has 2 aromatic carbocycles. The van der Waals surface area contributed by atoms with Gasteiger partial charge in [-0.2, -0.15) is 0 Å². The van der Waals surface area contributed by atoms with Gasteiger partial charge in [-0.25, -0.2) is 17.4 Å². The Bertz CT molecular complexity index is 1410. The van der Waals surface area contributed by atoms with Crippen LogP contribution in [0.15, 0.2) is 102 Å². The minimum Gasteiger partial charge on any atom is -0.485 e. The van der Waals surface area contributed by atoms with Crippen LogP contribution < -0.4 is 15.4 Å². The monoisotopic (exact) mass is 492 g/mol. The van der Waals surface area contributed by atoms with Crippen LogP contribution >= 0.6 is 12.2 Å². The molecule has 0 bridgehead atoms. The summed E-state index contributed by atoms with van der Waals surface area (Å²) < 4.78 is 32.6. The van der Waals surface area contributed by atoms with Gasteiger partial charge in [0.15, 0.2) is 16.7 Å². The fourth-order valence-electron chi connectivity index (χ4n) is 3.10. The van der Waals surface area contributed by atoms with Crippen molar-refractivity contribution >= 4 is 39.1 Å². The first-order valence-corrected chi connectivity index (χ1v) is 12.0. The number of benzene rings is 2. The van der Waals surface area contributed by atoms with E-state index in [2.05, 4.69) is 15.6 Å². The highest BCUT2D eigenvalue weighted by molar-refractivity contribution is 7.90. The number of amides is 1. The molecular formula is C24H20N4O4S2. The number of nitrogens with one attached hydrogen (secondary N) is 2. The minimum atomic E-state index is -3.95. The molecule has 172 valence electrons. The zero-order valence-corrected chi connectivity index (χ0v) is 19.4. The number of aromatic nitrogens is 2. The van der Waals surface area contributed by atoms with Crippen molar-refractivity contribution in [1.82, 2.24) is 14.3 Å². The van der Waals surface area contributed by atoms with Crippen molar-refractivity contribution in [2.45, 2.75) is 11.5 Å². The van der Waals surface area contributed by atoms with Gasteiger partial charge in [0, 0.05) is 12.4 Å². The van der Waals surface area contributed by atoms with Crippen molar-refractivity contribution in [2.24, 2.45) is 0 Å². The van der Waals surface area contributed by atoms with Gasteiger partial charge >= 0.3 is 0 Å². The number of carbonyl (C=O) groups is 1. The van der Waals surface area contributed by atoms with Crippen LogP contribution in [-0.2, 0) is 16.6 Å². The highest BCUT2D eigenvalue weighted by Crippen LogP contribution is 2.22. The number of hydrogen-bond donors (Lipinski definition) is 2. The van der Waals surface area contributed by atoms with Gasteiger partial charge in [0.1, 0.15) is 12.3 Å². The van der Waals surface area contributed by atoms with E-state index >= 15 is 0 Å². The van der Waals surface area contributed by atoms with Crippen molar-refractivity contribution in [2.75, 3.05) is 5.32 Å². The van der Waals surface area contributed by atoms with Crippen molar-refractivity contribution in [1.29, 1.82) is 0 Å². The molecule has 0 aliphatic heterocycles. The smallest absolute Gasteiger partial charge is 0.275 e. The van der Waals surface area contributed by atoms with Crippen LogP contribution in [0.4, 0.5) is 5.82 Å². The van der Waals surface area contributed by atoms with E-state index in [4.69, 9.17) is 17.0 Å². The van der Waals surface area contributed by atoms with E-state index in [1.807, 2.05) is 30.3 Å². The number of thiocarbonyl (C=S) groups is 1. The summed E-state index contributed by atoms with van der Waals surface area (Å²) >= 11 is 5.26. The molecule has 0 aliphatic rings. The second-order valence-corrected chi connectivity index (χ2v) is 9.26. The third-order valence-corrected chi connectivity index (χ3v) is 6.62. The van der Waals surface area contributed by atoms with E-state index < -0.39 is 15.9 Å². The maximum absolute atomic E-state index is 12.9. The second-order valence-electron chi connectivity index (χ2n) is 7.04. The standard InChI is InChI=1S/C24H20N4O4S2/c29-23(20-13-8-16-28(20)34(30,31)19-11-5-2-6-12-19)27-24(33)26-22-21(14-7-15-25-22)32-17-18-9-3-1-4-10-18/h1-16H,17H2,(H2,25,26,27,29,33). The lowest BCUT2D eigenvalue weighted by molar-refractivity contribution is 0.0972. The molecule has 4 rings (SSSR count). The van der Waals surface area contributed by atoms with Gasteiger partial charge in [0.05, 0.1) is 4.90 Å². The fourth-order valence-corrected chi connectivity index (χ4v) is 4.65. The van der Waals surface area contributed by atoms with E-state index in [1.54, 1.807) is 36.5 Å². The Morgan fingerprint density at radius 3 is 2.38 bits per heavy atom. The molecule has 2 N–H and O–H groups in total. The molecule has 0 saturated carbocycles. The van der Waals surface area contributed by atoms with Gasteiger partial charge in [0.25, 0.3) is 15.9 Å². The summed E-state index contributed by atoms with van der Waals surface area (Å²) in [5.41, 5.74) is 0.892. The zero-order chi connectivity index (χ0) is 24.0. The number of anilines is 1. The lowest BCUT2D eigenvalue weighted by atomic mass is 10.2. The van der Waals surface area contributed by atoms with Crippen LogP contribution in [-0.4, -0.2) is 28.4 Å². The first kappa shape index (κ1) is 23.1. The molecule has 0 unspecified atom stereocenters. The molecule has 1 amide bonds. The zero-order valence-electron chi connectivity index (χ0n) is 17.8. The first-order chi connectivity index (χ1) is 16.4. The molecule has 10 heteroatoms. The van der Waals surface area contributed by atoms with E-state index in [9.17, 15) is 13.2 Å². The lowest BCUT2D eigenvalue weighted by Gasteiger charge is -2.14. The van der Waals surface area contributed by atoms with Crippen LogP contribution in [0.1, 0.15) is 16.1 Å². The van der Waals surface area contributed by atoms with Crippen LogP contribution in [0.5, 0.6) is 5.75 Å². The SMILES string of the molecule is O=C(NC(=S)Nc1ncccc1OCc1ccccc1)c1cccn1S(=O)(=O)c1ccccc1. The molecule has 2 heterocycles. The van der Waals surface area contributed by atoms with Crippen molar-refractivity contribution in [3.05, 3.63) is 109 Å². The second kappa shape index (κ2) is 10.3. The Labute approximate surface area is 202 Å². The Kier molecular flexibility index (Phi) is 7.00. The van der Waals surface area contributed by atoms with Gasteiger partial charge in [-0.3, -0.25) is 10.1 Å². The van der Waals surface area contributed by atoms with Crippen LogP contribution in [0.3, 0.4) is 0 Å². The summed E-state index contributed by atoms with van der Waals surface area (Å²) in [6, 6.07) is 23.8. The summed E-state index contributed by atoms with van der Waals surface area (Å²) in [7, 11) is -3.95. The molecule has 0 fully saturated rings. The largest absolute Gasteiger partial charge is 0.485 e. The predicted octanol–water partition coefficient (Wildman–Crippen LogP) is 3.83. The molecule has 4 aromatic rings. The average molecular weight is 493 g/mol. The third kappa shape index (κ3) is 5.30. The summed E-state index contributed by atoms with van der Waals surface area (Å²) in [5.74, 6) is 0.0682. The van der Waals surface area contributed by atoms with Gasteiger partial charge < -0.3 is 10.1 Å². The minimum absolute atomic E-state index is 0.0573. The predicted molar refractivity (Wildman–Crippen MR) is 132 cm³/mol. The Balaban J connectivity index is 1.45. The highest BCUT2D eigenvalue weighted by atomic mass is 32.2. The number of nitrogens with zero attached hydrogens (tertiary/aromatic N) is 2.